The van der Waals surface area contributed by atoms with E-state index in [9.17, 15) is 9.59 Å². The smallest absolute Gasteiger partial charge is 0.339 e. The van der Waals surface area contributed by atoms with Gasteiger partial charge in [0.1, 0.15) is 22.8 Å². The lowest BCUT2D eigenvalue weighted by Gasteiger charge is -2.10. The third-order valence-corrected chi connectivity index (χ3v) is 4.28. The van der Waals surface area contributed by atoms with Crippen molar-refractivity contribution in [3.63, 3.8) is 0 Å². The zero-order chi connectivity index (χ0) is 17.4. The average Bonchev–Trinajstić information content (AvgIpc) is 3.08. The maximum atomic E-state index is 12.3. The van der Waals surface area contributed by atoms with E-state index in [1.807, 2.05) is 26.0 Å². The van der Waals surface area contributed by atoms with Gasteiger partial charge in [0.25, 0.3) is 5.91 Å². The van der Waals surface area contributed by atoms with Crippen LogP contribution in [0.25, 0.3) is 0 Å². The van der Waals surface area contributed by atoms with Crippen molar-refractivity contribution < 1.29 is 23.8 Å². The Labute approximate surface area is 139 Å². The van der Waals surface area contributed by atoms with Crippen molar-refractivity contribution in [3.8, 4) is 5.75 Å². The van der Waals surface area contributed by atoms with Crippen molar-refractivity contribution in [1.29, 1.82) is 0 Å². The van der Waals surface area contributed by atoms with Crippen LogP contribution in [0.5, 0.6) is 5.75 Å². The summed E-state index contributed by atoms with van der Waals surface area (Å²) < 4.78 is 11.1. The first-order chi connectivity index (χ1) is 11.3. The number of carbonyl (C=O) groups is 2. The summed E-state index contributed by atoms with van der Waals surface area (Å²) in [5, 5.41) is 11.7. The van der Waals surface area contributed by atoms with E-state index in [1.165, 1.54) is 11.6 Å². The van der Waals surface area contributed by atoms with Gasteiger partial charge in [-0.25, -0.2) is 4.79 Å². The summed E-state index contributed by atoms with van der Waals surface area (Å²) in [6.45, 7) is 5.74. The van der Waals surface area contributed by atoms with E-state index in [2.05, 4.69) is 5.32 Å². The summed E-state index contributed by atoms with van der Waals surface area (Å²) >= 11 is 0. The van der Waals surface area contributed by atoms with Crippen LogP contribution >= 0.6 is 0 Å². The van der Waals surface area contributed by atoms with Crippen LogP contribution in [0, 0.1) is 20.8 Å². The molecule has 1 amide bonds. The summed E-state index contributed by atoms with van der Waals surface area (Å²) in [5.41, 5.74) is 3.43. The number of rotatable bonds is 4. The molecule has 1 aromatic heterocycles. The molecule has 24 heavy (non-hydrogen) atoms. The first-order valence-corrected chi connectivity index (χ1v) is 7.72. The Morgan fingerprint density at radius 1 is 1.21 bits per heavy atom. The molecule has 6 nitrogen and oxygen atoms in total. The molecule has 1 atom stereocenters. The van der Waals surface area contributed by atoms with Gasteiger partial charge in [-0.1, -0.05) is 6.07 Å². The predicted octanol–water partition coefficient (Wildman–Crippen LogP) is 2.52. The first-order valence-electron chi connectivity index (χ1n) is 7.72. The van der Waals surface area contributed by atoms with Crippen molar-refractivity contribution in [2.75, 3.05) is 0 Å². The summed E-state index contributed by atoms with van der Waals surface area (Å²) in [5.74, 6) is 0.185. The predicted molar refractivity (Wildman–Crippen MR) is 86.3 cm³/mol. The van der Waals surface area contributed by atoms with Crippen molar-refractivity contribution in [2.24, 2.45) is 0 Å². The van der Waals surface area contributed by atoms with Crippen LogP contribution in [0.1, 0.15) is 38.6 Å². The number of aryl methyl sites for hydroxylation is 3. The Hall–Kier alpha value is -2.76. The molecular weight excluding hydrogens is 310 g/mol. The van der Waals surface area contributed by atoms with E-state index >= 15 is 0 Å². The molecule has 1 unspecified atom stereocenters. The highest BCUT2D eigenvalue weighted by atomic mass is 16.5. The Balaban J connectivity index is 1.63. The monoisotopic (exact) mass is 329 g/mol. The van der Waals surface area contributed by atoms with E-state index in [-0.39, 0.29) is 18.0 Å². The molecule has 1 aliphatic heterocycles. The lowest BCUT2D eigenvalue weighted by atomic mass is 10.0. The van der Waals surface area contributed by atoms with Gasteiger partial charge in [0.15, 0.2) is 6.10 Å². The number of carboxylic acid groups (broad SMARTS) is 1. The van der Waals surface area contributed by atoms with Crippen LogP contribution in [0.2, 0.25) is 0 Å². The lowest BCUT2D eigenvalue weighted by molar-refractivity contribution is -0.127. The van der Waals surface area contributed by atoms with Gasteiger partial charge in [-0.15, -0.1) is 0 Å². The van der Waals surface area contributed by atoms with Crippen LogP contribution in [-0.4, -0.2) is 23.1 Å². The molecule has 0 bridgehead atoms. The fraction of sp³-hybridized carbons (Fsp3) is 0.333. The molecule has 0 saturated carbocycles. The summed E-state index contributed by atoms with van der Waals surface area (Å²) in [7, 11) is 0. The number of amides is 1. The van der Waals surface area contributed by atoms with Crippen molar-refractivity contribution in [1.82, 2.24) is 5.32 Å². The second-order valence-corrected chi connectivity index (χ2v) is 6.06. The zero-order valence-electron chi connectivity index (χ0n) is 13.8. The molecule has 0 aliphatic carbocycles. The molecule has 6 heteroatoms. The first kappa shape index (κ1) is 16.1. The normalized spacial score (nSPS) is 15.7. The highest BCUT2D eigenvalue weighted by Gasteiger charge is 2.29. The fourth-order valence-corrected chi connectivity index (χ4v) is 2.79. The van der Waals surface area contributed by atoms with Crippen LogP contribution in [0.3, 0.4) is 0 Å². The van der Waals surface area contributed by atoms with E-state index in [0.717, 1.165) is 16.9 Å². The maximum Gasteiger partial charge on any atom is 0.339 e. The van der Waals surface area contributed by atoms with Gasteiger partial charge in [-0.3, -0.25) is 4.79 Å². The number of hydrogen-bond acceptors (Lipinski definition) is 4. The number of furan rings is 1. The minimum Gasteiger partial charge on any atom is -0.480 e. The van der Waals surface area contributed by atoms with Gasteiger partial charge in [-0.05, 0) is 49.6 Å². The molecule has 2 N–H and O–H groups in total. The number of benzene rings is 1. The summed E-state index contributed by atoms with van der Waals surface area (Å²) in [6, 6.07) is 5.43. The number of hydrogen-bond donors (Lipinski definition) is 2. The molecule has 1 aromatic carbocycles. The van der Waals surface area contributed by atoms with Gasteiger partial charge >= 0.3 is 5.97 Å². The minimum atomic E-state index is -1.05. The van der Waals surface area contributed by atoms with Crippen molar-refractivity contribution in [2.45, 2.75) is 39.8 Å². The number of aromatic carboxylic acids is 1. The average molecular weight is 329 g/mol. The molecule has 0 radical (unpaired) electrons. The molecule has 126 valence electrons. The summed E-state index contributed by atoms with van der Waals surface area (Å²) in [6.07, 6.45) is -0.0453. The van der Waals surface area contributed by atoms with Crippen molar-refractivity contribution >= 4 is 11.9 Å². The zero-order valence-corrected chi connectivity index (χ0v) is 13.8. The number of carbonyl (C=O) groups excluding carboxylic acids is 1. The topological polar surface area (TPSA) is 88.8 Å². The van der Waals surface area contributed by atoms with Crippen LogP contribution in [-0.2, 0) is 17.8 Å². The van der Waals surface area contributed by atoms with Gasteiger partial charge in [0.05, 0.1) is 6.54 Å². The Bertz CT molecular complexity index is 790. The van der Waals surface area contributed by atoms with E-state index < -0.39 is 12.1 Å². The standard InChI is InChI=1S/C18H19NO5/c1-9-4-12-6-16(24-15(12)5-10(9)2)17(20)19-8-13-7-14(18(21)22)11(3)23-13/h4-5,7,16H,6,8H2,1-3H3,(H,19,20)(H,21,22). The minimum absolute atomic E-state index is 0.106. The summed E-state index contributed by atoms with van der Waals surface area (Å²) in [4.78, 5) is 23.3. The number of ether oxygens (including phenoxy) is 1. The molecule has 0 saturated heterocycles. The largest absolute Gasteiger partial charge is 0.480 e. The highest BCUT2D eigenvalue weighted by Crippen LogP contribution is 2.31. The van der Waals surface area contributed by atoms with E-state index in [0.29, 0.717) is 17.9 Å². The van der Waals surface area contributed by atoms with Gasteiger partial charge in [-0.2, -0.15) is 0 Å². The van der Waals surface area contributed by atoms with E-state index in [1.54, 1.807) is 6.92 Å². The highest BCUT2D eigenvalue weighted by molar-refractivity contribution is 5.89. The molecule has 2 aromatic rings. The third kappa shape index (κ3) is 2.99. The molecule has 2 heterocycles. The van der Waals surface area contributed by atoms with E-state index in [4.69, 9.17) is 14.3 Å². The molecule has 3 rings (SSSR count). The number of carboxylic acids is 1. The molecular formula is C18H19NO5. The maximum absolute atomic E-state index is 12.3. The molecule has 1 aliphatic rings. The van der Waals surface area contributed by atoms with Crippen LogP contribution in [0.15, 0.2) is 22.6 Å². The number of nitrogens with one attached hydrogen (secondary N) is 1. The van der Waals surface area contributed by atoms with Gasteiger partial charge < -0.3 is 19.6 Å². The molecule has 0 fully saturated rings. The second-order valence-electron chi connectivity index (χ2n) is 6.06. The van der Waals surface area contributed by atoms with Gasteiger partial charge in [0.2, 0.25) is 0 Å². The van der Waals surface area contributed by atoms with Crippen molar-refractivity contribution in [3.05, 3.63) is 52.0 Å². The SMILES string of the molecule is Cc1cc2c(cc1C)OC(C(=O)NCc1cc(C(=O)O)c(C)o1)C2. The fourth-order valence-electron chi connectivity index (χ4n) is 2.79. The third-order valence-electron chi connectivity index (χ3n) is 4.28. The Morgan fingerprint density at radius 3 is 2.58 bits per heavy atom. The molecule has 0 spiro atoms. The quantitative estimate of drug-likeness (QED) is 0.900. The number of fused-ring (bicyclic) bond motifs is 1. The second kappa shape index (κ2) is 6.03. The Morgan fingerprint density at radius 2 is 1.92 bits per heavy atom. The Kier molecular flexibility index (Phi) is 4.05. The lowest BCUT2D eigenvalue weighted by Crippen LogP contribution is -2.36. The van der Waals surface area contributed by atoms with Crippen LogP contribution < -0.4 is 10.1 Å². The van der Waals surface area contributed by atoms with Crippen LogP contribution in [0.4, 0.5) is 0 Å². The van der Waals surface area contributed by atoms with Gasteiger partial charge in [0, 0.05) is 6.42 Å².